The normalized spacial score (nSPS) is 13.1. The molecular formula is C34H27NO. The van der Waals surface area contributed by atoms with Crippen molar-refractivity contribution in [2.75, 3.05) is 4.90 Å². The Hall–Kier alpha value is -4.43. The number of fused-ring (bicyclic) bond motifs is 3. The Morgan fingerprint density at radius 2 is 1.03 bits per heavy atom. The molecule has 5 aromatic carbocycles. The van der Waals surface area contributed by atoms with Crippen LogP contribution >= 0.6 is 0 Å². The number of hydrogen-bond donors (Lipinski definition) is 0. The van der Waals surface area contributed by atoms with Crippen molar-refractivity contribution in [3.05, 3.63) is 150 Å². The highest BCUT2D eigenvalue weighted by atomic mass is 16.1. The van der Waals surface area contributed by atoms with Crippen LogP contribution < -0.4 is 4.90 Å². The Bertz CT molecular complexity index is 1510. The Kier molecular flexibility index (Phi) is 5.30. The number of nitrogens with zero attached hydrogens (tertiary/aromatic N) is 1. The number of ketones is 1. The summed E-state index contributed by atoms with van der Waals surface area (Å²) < 4.78 is 0. The van der Waals surface area contributed by atoms with Gasteiger partial charge in [0.15, 0.2) is 5.78 Å². The van der Waals surface area contributed by atoms with E-state index in [9.17, 15) is 4.79 Å². The molecule has 0 spiro atoms. The van der Waals surface area contributed by atoms with E-state index in [0.29, 0.717) is 5.56 Å². The van der Waals surface area contributed by atoms with Gasteiger partial charge >= 0.3 is 0 Å². The van der Waals surface area contributed by atoms with Gasteiger partial charge in [-0.05, 0) is 76.9 Å². The van der Waals surface area contributed by atoms with Crippen molar-refractivity contribution < 1.29 is 4.79 Å². The maximum absolute atomic E-state index is 13.5. The first kappa shape index (κ1) is 22.1. The van der Waals surface area contributed by atoms with Crippen molar-refractivity contribution >= 4 is 22.8 Å². The van der Waals surface area contributed by atoms with E-state index in [2.05, 4.69) is 79.4 Å². The largest absolute Gasteiger partial charge is 0.311 e. The third-order valence-corrected chi connectivity index (χ3v) is 7.26. The molecule has 6 rings (SSSR count). The molecule has 1 aliphatic carbocycles. The van der Waals surface area contributed by atoms with Gasteiger partial charge in [0.05, 0.1) is 0 Å². The predicted octanol–water partition coefficient (Wildman–Crippen LogP) is 8.69. The number of anilines is 3. The number of benzene rings is 5. The van der Waals surface area contributed by atoms with Crippen molar-refractivity contribution in [2.45, 2.75) is 19.3 Å². The summed E-state index contributed by atoms with van der Waals surface area (Å²) in [6.45, 7) is 4.48. The van der Waals surface area contributed by atoms with Gasteiger partial charge in [-0.15, -0.1) is 0 Å². The van der Waals surface area contributed by atoms with Crippen LogP contribution in [-0.2, 0) is 5.41 Å². The molecule has 1 aliphatic rings. The van der Waals surface area contributed by atoms with Gasteiger partial charge in [0.2, 0.25) is 0 Å². The van der Waals surface area contributed by atoms with Gasteiger partial charge in [-0.3, -0.25) is 4.79 Å². The first-order valence-corrected chi connectivity index (χ1v) is 12.3. The van der Waals surface area contributed by atoms with Crippen LogP contribution in [-0.4, -0.2) is 5.78 Å². The summed E-state index contributed by atoms with van der Waals surface area (Å²) >= 11 is 0. The number of para-hydroxylation sites is 2. The second-order valence-electron chi connectivity index (χ2n) is 9.81. The minimum absolute atomic E-state index is 0.0436. The molecule has 0 radical (unpaired) electrons. The van der Waals surface area contributed by atoms with Crippen LogP contribution in [0.1, 0.15) is 40.9 Å². The smallest absolute Gasteiger partial charge is 0.193 e. The summed E-state index contributed by atoms with van der Waals surface area (Å²) in [5.74, 6) is 0.0436. The van der Waals surface area contributed by atoms with E-state index in [1.165, 1.54) is 22.3 Å². The molecule has 0 heterocycles. The predicted molar refractivity (Wildman–Crippen MR) is 149 cm³/mol. The first-order chi connectivity index (χ1) is 17.5. The van der Waals surface area contributed by atoms with Crippen LogP contribution in [0.5, 0.6) is 0 Å². The van der Waals surface area contributed by atoms with E-state index in [-0.39, 0.29) is 11.2 Å². The molecule has 2 heteroatoms. The average Bonchev–Trinajstić information content (AvgIpc) is 3.16. The van der Waals surface area contributed by atoms with Gasteiger partial charge in [0.25, 0.3) is 0 Å². The maximum atomic E-state index is 13.5. The lowest BCUT2D eigenvalue weighted by Crippen LogP contribution is -2.15. The molecule has 5 aromatic rings. The molecule has 0 fully saturated rings. The molecule has 2 nitrogen and oxygen atoms in total. The van der Waals surface area contributed by atoms with Crippen molar-refractivity contribution in [2.24, 2.45) is 0 Å². The number of rotatable bonds is 5. The lowest BCUT2D eigenvalue weighted by molar-refractivity contribution is 0.103. The number of carbonyl (C=O) groups is 1. The molecule has 174 valence electrons. The summed E-state index contributed by atoms with van der Waals surface area (Å²) in [5, 5.41) is 0. The Morgan fingerprint density at radius 1 is 0.528 bits per heavy atom. The van der Waals surface area contributed by atoms with Gasteiger partial charge < -0.3 is 4.90 Å². The van der Waals surface area contributed by atoms with Crippen LogP contribution in [0, 0.1) is 0 Å². The fourth-order valence-electron chi connectivity index (χ4n) is 5.38. The molecule has 0 unspecified atom stereocenters. The minimum atomic E-state index is -0.127. The van der Waals surface area contributed by atoms with Crippen molar-refractivity contribution in [3.63, 3.8) is 0 Å². The quantitative estimate of drug-likeness (QED) is 0.242. The summed E-state index contributed by atoms with van der Waals surface area (Å²) in [6, 6.07) is 43.2. The van der Waals surface area contributed by atoms with Crippen molar-refractivity contribution in [3.8, 4) is 11.1 Å². The lowest BCUT2D eigenvalue weighted by Gasteiger charge is -2.25. The molecule has 0 bridgehead atoms. The molecule has 0 aromatic heterocycles. The number of carbonyl (C=O) groups excluding carboxylic acids is 1. The van der Waals surface area contributed by atoms with E-state index in [4.69, 9.17) is 0 Å². The summed E-state index contributed by atoms with van der Waals surface area (Å²) in [6.07, 6.45) is 0. The zero-order chi connectivity index (χ0) is 24.7. The fraction of sp³-hybridized carbons (Fsp3) is 0.0882. The van der Waals surface area contributed by atoms with Crippen LogP contribution in [0.3, 0.4) is 0 Å². The molecule has 0 amide bonds. The Balaban J connectivity index is 1.34. The lowest BCUT2D eigenvalue weighted by atomic mass is 9.81. The van der Waals surface area contributed by atoms with Gasteiger partial charge in [0, 0.05) is 33.6 Å². The monoisotopic (exact) mass is 465 g/mol. The van der Waals surface area contributed by atoms with Crippen LogP contribution in [0.2, 0.25) is 0 Å². The molecule has 36 heavy (non-hydrogen) atoms. The van der Waals surface area contributed by atoms with E-state index < -0.39 is 0 Å². The van der Waals surface area contributed by atoms with E-state index in [1.807, 2.05) is 66.7 Å². The van der Waals surface area contributed by atoms with E-state index >= 15 is 0 Å². The average molecular weight is 466 g/mol. The van der Waals surface area contributed by atoms with E-state index in [0.717, 1.165) is 22.6 Å². The van der Waals surface area contributed by atoms with Crippen molar-refractivity contribution in [1.29, 1.82) is 0 Å². The molecule has 0 atom stereocenters. The SMILES string of the molecule is CC1(C)c2ccccc2-c2ccc(C(=O)c3ccc(N(c4ccccc4)c4ccccc4)cc3)cc21. The summed E-state index contributed by atoms with van der Waals surface area (Å²) in [7, 11) is 0. The molecular weight excluding hydrogens is 438 g/mol. The fourth-order valence-corrected chi connectivity index (χ4v) is 5.38. The third kappa shape index (κ3) is 3.63. The van der Waals surface area contributed by atoms with Crippen LogP contribution in [0.4, 0.5) is 17.1 Å². The molecule has 0 saturated carbocycles. The van der Waals surface area contributed by atoms with Gasteiger partial charge in [-0.1, -0.05) is 86.6 Å². The standard InChI is InChI=1S/C34H27NO/c1-34(2)31-16-10-9-15-29(31)30-22-19-25(23-32(30)34)33(36)24-17-20-28(21-18-24)35(26-11-5-3-6-12-26)27-13-7-4-8-14-27/h3-23H,1-2H3. The molecule has 0 saturated heterocycles. The zero-order valence-corrected chi connectivity index (χ0v) is 20.5. The highest BCUT2D eigenvalue weighted by Crippen LogP contribution is 2.48. The van der Waals surface area contributed by atoms with E-state index in [1.54, 1.807) is 0 Å². The minimum Gasteiger partial charge on any atom is -0.311 e. The van der Waals surface area contributed by atoms with Gasteiger partial charge in [0.1, 0.15) is 0 Å². The molecule has 0 N–H and O–H groups in total. The first-order valence-electron chi connectivity index (χ1n) is 12.3. The highest BCUT2D eigenvalue weighted by Gasteiger charge is 2.35. The van der Waals surface area contributed by atoms with Crippen LogP contribution in [0.15, 0.2) is 127 Å². The number of hydrogen-bond acceptors (Lipinski definition) is 2. The summed E-state index contributed by atoms with van der Waals surface area (Å²) in [4.78, 5) is 15.7. The van der Waals surface area contributed by atoms with Crippen molar-refractivity contribution in [1.82, 2.24) is 0 Å². The third-order valence-electron chi connectivity index (χ3n) is 7.26. The Labute approximate surface area is 212 Å². The second-order valence-corrected chi connectivity index (χ2v) is 9.81. The second kappa shape index (κ2) is 8.66. The topological polar surface area (TPSA) is 20.3 Å². The molecule has 0 aliphatic heterocycles. The summed E-state index contributed by atoms with van der Waals surface area (Å²) in [5.41, 5.74) is 9.46. The highest BCUT2D eigenvalue weighted by molar-refractivity contribution is 6.09. The van der Waals surface area contributed by atoms with Gasteiger partial charge in [-0.25, -0.2) is 0 Å². The van der Waals surface area contributed by atoms with Crippen LogP contribution in [0.25, 0.3) is 11.1 Å². The Morgan fingerprint density at radius 3 is 1.67 bits per heavy atom. The zero-order valence-electron chi connectivity index (χ0n) is 20.5. The van der Waals surface area contributed by atoms with Gasteiger partial charge in [-0.2, -0.15) is 0 Å². The maximum Gasteiger partial charge on any atom is 0.193 e.